The monoisotopic (exact) mass is 263 g/mol. The zero-order valence-electron chi connectivity index (χ0n) is 11.0. The molecule has 3 heteroatoms. The van der Waals surface area contributed by atoms with Crippen molar-refractivity contribution in [2.24, 2.45) is 0 Å². The molecule has 0 spiro atoms. The topological polar surface area (TPSA) is 12.0 Å². The first-order chi connectivity index (χ1) is 8.65. The van der Waals surface area contributed by atoms with Gasteiger partial charge in [0, 0.05) is 9.75 Å². The summed E-state index contributed by atoms with van der Waals surface area (Å²) in [7, 11) is 1.92. The van der Waals surface area contributed by atoms with Crippen LogP contribution in [-0.2, 0) is 6.42 Å². The molecule has 2 rings (SSSR count). The summed E-state index contributed by atoms with van der Waals surface area (Å²) in [4.78, 5) is 2.60. The number of benzene rings is 1. The minimum atomic E-state index is -0.178. The Morgan fingerprint density at radius 1 is 1.28 bits per heavy atom. The standard InChI is InChI=1S/C15H18FNS/c1-4-12-7-8-14(18-12)15(17-3)13-9-11(16)6-5-10(13)2/h5-9,15,17H,4H2,1-3H3. The highest BCUT2D eigenvalue weighted by atomic mass is 32.1. The fraction of sp³-hybridized carbons (Fsp3) is 0.333. The third-order valence-electron chi connectivity index (χ3n) is 3.16. The van der Waals surface area contributed by atoms with Crippen molar-refractivity contribution in [3.8, 4) is 0 Å². The molecule has 1 nitrogen and oxygen atoms in total. The van der Waals surface area contributed by atoms with Crippen LogP contribution in [0.3, 0.4) is 0 Å². The summed E-state index contributed by atoms with van der Waals surface area (Å²) in [6.07, 6.45) is 1.04. The second-order valence-electron chi connectivity index (χ2n) is 4.38. The van der Waals surface area contributed by atoms with Gasteiger partial charge in [-0.05, 0) is 55.8 Å². The van der Waals surface area contributed by atoms with Crippen LogP contribution < -0.4 is 5.32 Å². The van der Waals surface area contributed by atoms with Crippen molar-refractivity contribution in [1.82, 2.24) is 5.32 Å². The van der Waals surface area contributed by atoms with E-state index in [4.69, 9.17) is 0 Å². The molecule has 0 aliphatic rings. The van der Waals surface area contributed by atoms with Crippen molar-refractivity contribution >= 4 is 11.3 Å². The minimum Gasteiger partial charge on any atom is -0.309 e. The van der Waals surface area contributed by atoms with Crippen LogP contribution in [0.1, 0.15) is 33.8 Å². The molecule has 0 aliphatic carbocycles. The third kappa shape index (κ3) is 2.62. The lowest BCUT2D eigenvalue weighted by Gasteiger charge is -2.17. The van der Waals surface area contributed by atoms with E-state index in [1.54, 1.807) is 17.4 Å². The van der Waals surface area contributed by atoms with Gasteiger partial charge in [0.05, 0.1) is 6.04 Å². The molecule has 0 saturated carbocycles. The summed E-state index contributed by atoms with van der Waals surface area (Å²) < 4.78 is 13.4. The number of nitrogens with one attached hydrogen (secondary N) is 1. The van der Waals surface area contributed by atoms with Gasteiger partial charge in [-0.3, -0.25) is 0 Å². The maximum absolute atomic E-state index is 13.4. The van der Waals surface area contributed by atoms with Crippen molar-refractivity contribution in [3.63, 3.8) is 0 Å². The Bertz CT molecular complexity index is 533. The fourth-order valence-corrected chi connectivity index (χ4v) is 3.19. The van der Waals surface area contributed by atoms with Gasteiger partial charge in [-0.2, -0.15) is 0 Å². The molecule has 18 heavy (non-hydrogen) atoms. The molecular formula is C15H18FNS. The van der Waals surface area contributed by atoms with E-state index in [2.05, 4.69) is 24.4 Å². The predicted molar refractivity (Wildman–Crippen MR) is 75.7 cm³/mol. The quantitative estimate of drug-likeness (QED) is 0.877. The first-order valence-corrected chi connectivity index (χ1v) is 6.99. The second kappa shape index (κ2) is 5.63. The maximum atomic E-state index is 13.4. The molecule has 0 aliphatic heterocycles. The fourth-order valence-electron chi connectivity index (χ4n) is 2.11. The number of thiophene rings is 1. The van der Waals surface area contributed by atoms with Crippen LogP contribution in [0.4, 0.5) is 4.39 Å². The highest BCUT2D eigenvalue weighted by molar-refractivity contribution is 7.12. The van der Waals surface area contributed by atoms with Crippen LogP contribution in [0.15, 0.2) is 30.3 Å². The number of aryl methyl sites for hydroxylation is 2. The van der Waals surface area contributed by atoms with E-state index in [1.165, 1.54) is 15.8 Å². The largest absolute Gasteiger partial charge is 0.309 e. The zero-order chi connectivity index (χ0) is 13.1. The van der Waals surface area contributed by atoms with E-state index in [1.807, 2.05) is 20.0 Å². The molecule has 0 amide bonds. The van der Waals surface area contributed by atoms with Gasteiger partial charge in [0.2, 0.25) is 0 Å². The summed E-state index contributed by atoms with van der Waals surface area (Å²) in [5.74, 6) is -0.178. The average Bonchev–Trinajstić information content (AvgIpc) is 2.83. The first-order valence-electron chi connectivity index (χ1n) is 6.17. The van der Waals surface area contributed by atoms with E-state index in [9.17, 15) is 4.39 Å². The van der Waals surface area contributed by atoms with Gasteiger partial charge in [0.25, 0.3) is 0 Å². The Labute approximate surface area is 112 Å². The molecule has 0 saturated heterocycles. The summed E-state index contributed by atoms with van der Waals surface area (Å²) >= 11 is 1.79. The highest BCUT2D eigenvalue weighted by Crippen LogP contribution is 2.30. The van der Waals surface area contributed by atoms with Gasteiger partial charge in [0.1, 0.15) is 5.82 Å². The average molecular weight is 263 g/mol. The molecule has 1 atom stereocenters. The van der Waals surface area contributed by atoms with Crippen molar-refractivity contribution in [3.05, 3.63) is 57.0 Å². The van der Waals surface area contributed by atoms with Gasteiger partial charge in [0.15, 0.2) is 0 Å². The Kier molecular flexibility index (Phi) is 4.15. The molecule has 0 bridgehead atoms. The molecule has 1 aromatic heterocycles. The van der Waals surface area contributed by atoms with Gasteiger partial charge >= 0.3 is 0 Å². The summed E-state index contributed by atoms with van der Waals surface area (Å²) in [5, 5.41) is 3.28. The van der Waals surface area contributed by atoms with Crippen LogP contribution in [-0.4, -0.2) is 7.05 Å². The maximum Gasteiger partial charge on any atom is 0.123 e. The van der Waals surface area contributed by atoms with Gasteiger partial charge < -0.3 is 5.32 Å². The molecule has 0 radical (unpaired) electrons. The molecule has 1 unspecified atom stereocenters. The van der Waals surface area contributed by atoms with Crippen molar-refractivity contribution < 1.29 is 4.39 Å². The normalized spacial score (nSPS) is 12.7. The lowest BCUT2D eigenvalue weighted by atomic mass is 10.00. The van der Waals surface area contributed by atoms with E-state index in [-0.39, 0.29) is 11.9 Å². The lowest BCUT2D eigenvalue weighted by molar-refractivity contribution is 0.616. The lowest BCUT2D eigenvalue weighted by Crippen LogP contribution is -2.17. The van der Waals surface area contributed by atoms with E-state index >= 15 is 0 Å². The smallest absolute Gasteiger partial charge is 0.123 e. The summed E-state index contributed by atoms with van der Waals surface area (Å²) in [6.45, 7) is 4.17. The van der Waals surface area contributed by atoms with E-state index in [0.29, 0.717) is 0 Å². The molecular weight excluding hydrogens is 245 g/mol. The SMILES string of the molecule is CCc1ccc(C(NC)c2cc(F)ccc2C)s1. The van der Waals surface area contributed by atoms with Gasteiger partial charge in [-0.15, -0.1) is 11.3 Å². The predicted octanol–water partition coefficient (Wildman–Crippen LogP) is 4.07. The summed E-state index contributed by atoms with van der Waals surface area (Å²) in [6, 6.07) is 9.34. The Balaban J connectivity index is 2.41. The van der Waals surface area contributed by atoms with E-state index < -0.39 is 0 Å². The zero-order valence-corrected chi connectivity index (χ0v) is 11.8. The first kappa shape index (κ1) is 13.2. The Hall–Kier alpha value is -1.19. The number of halogens is 1. The van der Waals surface area contributed by atoms with Crippen molar-refractivity contribution in [2.75, 3.05) is 7.05 Å². The molecule has 2 aromatic rings. The highest BCUT2D eigenvalue weighted by Gasteiger charge is 2.16. The number of rotatable bonds is 4. The van der Waals surface area contributed by atoms with Crippen LogP contribution in [0, 0.1) is 12.7 Å². The number of hydrogen-bond donors (Lipinski definition) is 1. The van der Waals surface area contributed by atoms with Crippen LogP contribution >= 0.6 is 11.3 Å². The summed E-state index contributed by atoms with van der Waals surface area (Å²) in [5.41, 5.74) is 2.13. The number of hydrogen-bond acceptors (Lipinski definition) is 2. The van der Waals surface area contributed by atoms with Crippen molar-refractivity contribution in [2.45, 2.75) is 26.3 Å². The van der Waals surface area contributed by atoms with E-state index in [0.717, 1.165) is 17.5 Å². The van der Waals surface area contributed by atoms with Crippen LogP contribution in [0.5, 0.6) is 0 Å². The molecule has 1 N–H and O–H groups in total. The van der Waals surface area contributed by atoms with Gasteiger partial charge in [-0.25, -0.2) is 4.39 Å². The Morgan fingerprint density at radius 2 is 2.06 bits per heavy atom. The van der Waals surface area contributed by atoms with Gasteiger partial charge in [-0.1, -0.05) is 13.0 Å². The second-order valence-corrected chi connectivity index (χ2v) is 5.58. The molecule has 1 aromatic carbocycles. The molecule has 1 heterocycles. The molecule has 96 valence electrons. The third-order valence-corrected chi connectivity index (χ3v) is 4.45. The van der Waals surface area contributed by atoms with Crippen LogP contribution in [0.25, 0.3) is 0 Å². The van der Waals surface area contributed by atoms with Crippen LogP contribution in [0.2, 0.25) is 0 Å². The Morgan fingerprint density at radius 3 is 2.67 bits per heavy atom. The van der Waals surface area contributed by atoms with Crippen molar-refractivity contribution in [1.29, 1.82) is 0 Å². The molecule has 0 fully saturated rings. The minimum absolute atomic E-state index is 0.0750.